The number of nitrogens with one attached hydrogen (secondary N) is 2. The van der Waals surface area contributed by atoms with E-state index in [1.165, 1.54) is 17.8 Å². The van der Waals surface area contributed by atoms with Gasteiger partial charge in [0.05, 0.1) is 12.1 Å². The summed E-state index contributed by atoms with van der Waals surface area (Å²) in [6.07, 6.45) is 6.98. The molecule has 0 spiro atoms. The molecule has 35 heavy (non-hydrogen) atoms. The fraction of sp³-hybridized carbons (Fsp3) is 0.556. The van der Waals surface area contributed by atoms with Crippen LogP contribution in [-0.2, 0) is 9.59 Å². The van der Waals surface area contributed by atoms with Gasteiger partial charge >= 0.3 is 0 Å². The second kappa shape index (κ2) is 11.9. The summed E-state index contributed by atoms with van der Waals surface area (Å²) in [6.45, 7) is 5.14. The van der Waals surface area contributed by atoms with E-state index in [2.05, 4.69) is 15.6 Å². The van der Waals surface area contributed by atoms with E-state index in [-0.39, 0.29) is 35.6 Å². The molecule has 2 N–H and O–H groups in total. The van der Waals surface area contributed by atoms with Crippen LogP contribution in [0.4, 0.5) is 0 Å². The average Bonchev–Trinajstić information content (AvgIpc) is 3.57. The van der Waals surface area contributed by atoms with Gasteiger partial charge in [0.2, 0.25) is 17.6 Å². The van der Waals surface area contributed by atoms with E-state index in [0.29, 0.717) is 24.3 Å². The van der Waals surface area contributed by atoms with Crippen molar-refractivity contribution in [3.63, 3.8) is 0 Å². The summed E-state index contributed by atoms with van der Waals surface area (Å²) in [5.74, 6) is -0.0883. The Bertz CT molecular complexity index is 1020. The van der Waals surface area contributed by atoms with Gasteiger partial charge in [-0.3, -0.25) is 14.4 Å². The summed E-state index contributed by atoms with van der Waals surface area (Å²) in [6, 6.07) is 8.12. The molecule has 4 rings (SSSR count). The van der Waals surface area contributed by atoms with E-state index < -0.39 is 6.04 Å². The molecule has 0 bridgehead atoms. The molecule has 188 valence electrons. The minimum Gasteiger partial charge on any atom is -0.343 e. The molecule has 0 unspecified atom stereocenters. The normalized spacial score (nSPS) is 20.4. The molecule has 2 aromatic rings. The molecular formula is C27H36N4O3S. The lowest BCUT2D eigenvalue weighted by Crippen LogP contribution is -2.55. The Morgan fingerprint density at radius 1 is 1.09 bits per heavy atom. The zero-order valence-electron chi connectivity index (χ0n) is 20.7. The smallest absolute Gasteiger partial charge is 0.246 e. The molecule has 0 radical (unpaired) electrons. The molecule has 2 fully saturated rings. The highest BCUT2D eigenvalue weighted by molar-refractivity contribution is 7.10. The number of likely N-dealkylation sites (N-methyl/N-ethyl adjacent to an activating group) is 1. The van der Waals surface area contributed by atoms with Gasteiger partial charge in [0.25, 0.3) is 0 Å². The van der Waals surface area contributed by atoms with Crippen LogP contribution in [0.2, 0.25) is 0 Å². The third-order valence-corrected chi connectivity index (χ3v) is 8.15. The van der Waals surface area contributed by atoms with Crippen LogP contribution in [0.5, 0.6) is 0 Å². The van der Waals surface area contributed by atoms with Crippen LogP contribution in [0.25, 0.3) is 0 Å². The second-order valence-electron chi connectivity index (χ2n) is 9.62. The first-order chi connectivity index (χ1) is 17.0. The first-order valence-electron chi connectivity index (χ1n) is 12.9. The fourth-order valence-electron chi connectivity index (χ4n) is 5.27. The summed E-state index contributed by atoms with van der Waals surface area (Å²) in [7, 11) is 0. The minimum atomic E-state index is -0.519. The van der Waals surface area contributed by atoms with Crippen LogP contribution in [0.15, 0.2) is 35.7 Å². The lowest BCUT2D eigenvalue weighted by atomic mass is 9.83. The monoisotopic (exact) mass is 496 g/mol. The molecule has 2 amide bonds. The zero-order valence-corrected chi connectivity index (χ0v) is 21.5. The van der Waals surface area contributed by atoms with Crippen molar-refractivity contribution in [2.45, 2.75) is 76.9 Å². The molecule has 1 aromatic carbocycles. The number of thiazole rings is 1. The van der Waals surface area contributed by atoms with Crippen molar-refractivity contribution in [3.05, 3.63) is 52.0 Å². The number of nitrogens with zero attached hydrogens (tertiary/aromatic N) is 2. The minimum absolute atomic E-state index is 0.0115. The average molecular weight is 497 g/mol. The number of ketones is 1. The Hall–Kier alpha value is -2.58. The lowest BCUT2D eigenvalue weighted by Gasteiger charge is -2.35. The van der Waals surface area contributed by atoms with Crippen LogP contribution in [0.1, 0.15) is 85.9 Å². The van der Waals surface area contributed by atoms with Crippen molar-refractivity contribution < 1.29 is 14.4 Å². The van der Waals surface area contributed by atoms with Crippen LogP contribution < -0.4 is 10.6 Å². The van der Waals surface area contributed by atoms with Gasteiger partial charge in [-0.05, 0) is 45.1 Å². The lowest BCUT2D eigenvalue weighted by molar-refractivity contribution is -0.139. The molecule has 8 heteroatoms. The molecule has 1 aliphatic heterocycles. The Kier molecular flexibility index (Phi) is 8.68. The van der Waals surface area contributed by atoms with Gasteiger partial charge in [-0.15, -0.1) is 11.3 Å². The third kappa shape index (κ3) is 5.98. The molecule has 2 heterocycles. The van der Waals surface area contributed by atoms with Crippen molar-refractivity contribution in [2.75, 3.05) is 13.1 Å². The van der Waals surface area contributed by atoms with Crippen LogP contribution >= 0.6 is 11.3 Å². The van der Waals surface area contributed by atoms with Crippen molar-refractivity contribution in [2.24, 2.45) is 5.92 Å². The van der Waals surface area contributed by atoms with E-state index in [1.807, 2.05) is 36.9 Å². The van der Waals surface area contributed by atoms with Gasteiger partial charge in [0.15, 0.2) is 0 Å². The van der Waals surface area contributed by atoms with Crippen molar-refractivity contribution in [1.29, 1.82) is 0 Å². The summed E-state index contributed by atoms with van der Waals surface area (Å²) in [5, 5.41) is 8.84. The number of carbonyl (C=O) groups is 3. The van der Waals surface area contributed by atoms with Crippen molar-refractivity contribution >= 4 is 28.9 Å². The molecule has 1 saturated heterocycles. The molecular weight excluding hydrogens is 460 g/mol. The summed E-state index contributed by atoms with van der Waals surface area (Å²) in [5.41, 5.74) is 1.03. The first kappa shape index (κ1) is 25.5. The molecule has 3 atom stereocenters. The maximum absolute atomic E-state index is 13.9. The molecule has 2 aliphatic rings. The van der Waals surface area contributed by atoms with Crippen LogP contribution in [0, 0.1) is 5.92 Å². The number of hydrogen-bond acceptors (Lipinski definition) is 6. The zero-order chi connectivity index (χ0) is 24.8. The maximum atomic E-state index is 13.9. The van der Waals surface area contributed by atoms with Crippen LogP contribution in [-0.4, -0.2) is 52.7 Å². The largest absolute Gasteiger partial charge is 0.343 e. The van der Waals surface area contributed by atoms with E-state index >= 15 is 0 Å². The van der Waals surface area contributed by atoms with E-state index in [1.54, 1.807) is 17.5 Å². The number of carbonyl (C=O) groups excluding carboxylic acids is 3. The number of benzene rings is 1. The maximum Gasteiger partial charge on any atom is 0.246 e. The highest BCUT2D eigenvalue weighted by Gasteiger charge is 2.40. The Balaban J connectivity index is 1.52. The SMILES string of the molecule is CCN[C@@H](C)C(=O)N[C@H](C(=O)N1CCC[C@H]1c1nc(C(=O)c2ccccc2)cs1)C1CCCCC1. The summed E-state index contributed by atoms with van der Waals surface area (Å²) < 4.78 is 0. The number of amides is 2. The van der Waals surface area contributed by atoms with Crippen molar-refractivity contribution in [1.82, 2.24) is 20.5 Å². The highest BCUT2D eigenvalue weighted by Crippen LogP contribution is 2.36. The number of rotatable bonds is 9. The fourth-order valence-corrected chi connectivity index (χ4v) is 6.22. The number of likely N-dealkylation sites (tertiary alicyclic amines) is 1. The number of hydrogen-bond donors (Lipinski definition) is 2. The van der Waals surface area contributed by atoms with Crippen LogP contribution in [0.3, 0.4) is 0 Å². The molecule has 1 aliphatic carbocycles. The predicted molar refractivity (Wildman–Crippen MR) is 137 cm³/mol. The molecule has 1 aromatic heterocycles. The third-order valence-electron chi connectivity index (χ3n) is 7.20. The van der Waals surface area contributed by atoms with E-state index in [9.17, 15) is 14.4 Å². The highest BCUT2D eigenvalue weighted by atomic mass is 32.1. The second-order valence-corrected chi connectivity index (χ2v) is 10.5. The van der Waals surface area contributed by atoms with Gasteiger partial charge in [-0.25, -0.2) is 4.98 Å². The van der Waals surface area contributed by atoms with Crippen molar-refractivity contribution in [3.8, 4) is 0 Å². The topological polar surface area (TPSA) is 91.4 Å². The molecule has 1 saturated carbocycles. The standard InChI is InChI=1S/C27H36N4O3S/c1-3-28-18(2)25(33)30-23(19-11-6-4-7-12-19)27(34)31-16-10-15-22(31)26-29-21(17-35-26)24(32)20-13-8-5-9-14-20/h5,8-9,13-14,17-19,22-23,28H,3-4,6-7,10-12,15-16H2,1-2H3,(H,30,33)/t18-,22-,23-/m0/s1. The van der Waals surface area contributed by atoms with Gasteiger partial charge in [-0.2, -0.15) is 0 Å². The predicted octanol–water partition coefficient (Wildman–Crippen LogP) is 4.10. The summed E-state index contributed by atoms with van der Waals surface area (Å²) in [4.78, 5) is 46.2. The Morgan fingerprint density at radius 3 is 2.54 bits per heavy atom. The van der Waals surface area contributed by atoms with Gasteiger partial charge < -0.3 is 15.5 Å². The van der Waals surface area contributed by atoms with Gasteiger partial charge in [0, 0.05) is 17.5 Å². The van der Waals surface area contributed by atoms with E-state index in [0.717, 1.165) is 43.5 Å². The quantitative estimate of drug-likeness (QED) is 0.510. The Morgan fingerprint density at radius 2 is 1.83 bits per heavy atom. The number of aromatic nitrogens is 1. The van der Waals surface area contributed by atoms with Gasteiger partial charge in [-0.1, -0.05) is 56.5 Å². The summed E-state index contributed by atoms with van der Waals surface area (Å²) >= 11 is 1.44. The molecule has 7 nitrogen and oxygen atoms in total. The Labute approximate surface area is 211 Å². The van der Waals surface area contributed by atoms with E-state index in [4.69, 9.17) is 0 Å². The first-order valence-corrected chi connectivity index (χ1v) is 13.8. The van der Waals surface area contributed by atoms with Gasteiger partial charge in [0.1, 0.15) is 16.7 Å².